The fourth-order valence-corrected chi connectivity index (χ4v) is 8.49. The second-order valence-corrected chi connectivity index (χ2v) is 16.9. The van der Waals surface area contributed by atoms with E-state index in [9.17, 15) is 0 Å². The van der Waals surface area contributed by atoms with Gasteiger partial charge in [0.15, 0.2) is 0 Å². The summed E-state index contributed by atoms with van der Waals surface area (Å²) < 4.78 is 16.5. The minimum atomic E-state index is -2.34. The molecule has 0 unspecified atom stereocenters. The minimum Gasteiger partial charge on any atom is -0.377 e. The lowest BCUT2D eigenvalue weighted by molar-refractivity contribution is 0.122. The molecule has 0 rings (SSSR count). The SMILES string of the molecule is CO[Si](CCCCCCCCCCCCCCCCCCCCCCCCCCCCCCCCCCBr)(OC)OC. The van der Waals surface area contributed by atoms with Crippen molar-refractivity contribution in [3.63, 3.8) is 0 Å². The zero-order valence-corrected chi connectivity index (χ0v) is 31.7. The molecule has 0 fully saturated rings. The molecule has 0 heterocycles. The van der Waals surface area contributed by atoms with Crippen LogP contribution < -0.4 is 0 Å². The molecule has 0 aliphatic rings. The first kappa shape index (κ1) is 42.6. The summed E-state index contributed by atoms with van der Waals surface area (Å²) in [5.41, 5.74) is 0. The van der Waals surface area contributed by atoms with Crippen molar-refractivity contribution >= 4 is 24.7 Å². The minimum absolute atomic E-state index is 0.940. The van der Waals surface area contributed by atoms with Gasteiger partial charge in [0.05, 0.1) is 0 Å². The van der Waals surface area contributed by atoms with E-state index in [2.05, 4.69) is 15.9 Å². The van der Waals surface area contributed by atoms with Gasteiger partial charge in [0.2, 0.25) is 0 Å². The summed E-state index contributed by atoms with van der Waals surface area (Å²) in [6.45, 7) is 0. The van der Waals surface area contributed by atoms with E-state index in [1.807, 2.05) is 0 Å². The molecule has 254 valence electrons. The van der Waals surface area contributed by atoms with Crippen LogP contribution in [0.5, 0.6) is 0 Å². The van der Waals surface area contributed by atoms with Crippen LogP contribution in [-0.4, -0.2) is 35.5 Å². The Morgan fingerprint density at radius 2 is 0.452 bits per heavy atom. The lowest BCUT2D eigenvalue weighted by Crippen LogP contribution is -2.42. The number of alkyl halides is 1. The highest BCUT2D eigenvalue weighted by molar-refractivity contribution is 9.09. The second kappa shape index (κ2) is 36.0. The molecule has 0 atom stereocenters. The molecule has 0 amide bonds. The Labute approximate surface area is 275 Å². The van der Waals surface area contributed by atoms with Crippen molar-refractivity contribution in [2.75, 3.05) is 26.7 Å². The van der Waals surface area contributed by atoms with Crippen molar-refractivity contribution in [1.29, 1.82) is 0 Å². The Hall–Kier alpha value is 0.577. The molecular weight excluding hydrogens is 600 g/mol. The lowest BCUT2D eigenvalue weighted by atomic mass is 10.0. The standard InChI is InChI=1S/C37H77BrO3Si/c1-39-42(40-2,41-3)37-35-33-31-29-27-25-23-21-19-17-15-13-11-9-7-5-4-6-8-10-12-14-16-18-20-22-24-26-28-30-32-34-36-38/h4-37H2,1-3H3. The van der Waals surface area contributed by atoms with E-state index in [0.29, 0.717) is 0 Å². The van der Waals surface area contributed by atoms with Gasteiger partial charge in [-0.15, -0.1) is 0 Å². The highest BCUT2D eigenvalue weighted by atomic mass is 79.9. The van der Waals surface area contributed by atoms with Gasteiger partial charge in [0, 0.05) is 32.7 Å². The Kier molecular flexibility index (Phi) is 36.5. The van der Waals surface area contributed by atoms with E-state index >= 15 is 0 Å². The van der Waals surface area contributed by atoms with Crippen LogP contribution >= 0.6 is 15.9 Å². The molecule has 0 spiro atoms. The van der Waals surface area contributed by atoms with Gasteiger partial charge in [-0.05, 0) is 12.8 Å². The van der Waals surface area contributed by atoms with Gasteiger partial charge in [-0.1, -0.05) is 209 Å². The highest BCUT2D eigenvalue weighted by Crippen LogP contribution is 2.19. The van der Waals surface area contributed by atoms with Crippen molar-refractivity contribution in [2.45, 2.75) is 212 Å². The quantitative estimate of drug-likeness (QED) is 0.0372. The van der Waals surface area contributed by atoms with Crippen molar-refractivity contribution in [2.24, 2.45) is 0 Å². The molecule has 42 heavy (non-hydrogen) atoms. The Morgan fingerprint density at radius 3 is 0.619 bits per heavy atom. The van der Waals surface area contributed by atoms with Gasteiger partial charge in [0.25, 0.3) is 0 Å². The predicted molar refractivity (Wildman–Crippen MR) is 193 cm³/mol. The van der Waals surface area contributed by atoms with Crippen LogP contribution in [0.1, 0.15) is 205 Å². The summed E-state index contributed by atoms with van der Waals surface area (Å²) in [5.74, 6) is 0. The van der Waals surface area contributed by atoms with E-state index in [1.54, 1.807) is 21.3 Å². The lowest BCUT2D eigenvalue weighted by Gasteiger charge is -2.24. The van der Waals surface area contributed by atoms with Crippen LogP contribution in [0.4, 0.5) is 0 Å². The zero-order chi connectivity index (χ0) is 30.7. The summed E-state index contributed by atoms with van der Waals surface area (Å²) in [7, 11) is 2.79. The van der Waals surface area contributed by atoms with E-state index in [0.717, 1.165) is 12.5 Å². The largest absolute Gasteiger partial charge is 0.500 e. The smallest absolute Gasteiger partial charge is 0.377 e. The molecule has 0 aromatic heterocycles. The number of rotatable bonds is 37. The fraction of sp³-hybridized carbons (Fsp3) is 1.00. The molecule has 3 nitrogen and oxygen atoms in total. The van der Waals surface area contributed by atoms with Gasteiger partial charge in [-0.25, -0.2) is 0 Å². The van der Waals surface area contributed by atoms with Crippen LogP contribution in [0.15, 0.2) is 0 Å². The van der Waals surface area contributed by atoms with Crippen LogP contribution in [0.25, 0.3) is 0 Å². The second-order valence-electron chi connectivity index (χ2n) is 13.0. The summed E-state index contributed by atoms with van der Waals surface area (Å²) in [5, 5.41) is 1.18. The molecule has 0 saturated carbocycles. The molecule has 0 aromatic rings. The first-order chi connectivity index (χ1) is 20.7. The molecule has 0 aliphatic carbocycles. The summed E-state index contributed by atoms with van der Waals surface area (Å²) >= 11 is 3.52. The number of unbranched alkanes of at least 4 members (excludes halogenated alkanes) is 31. The van der Waals surface area contributed by atoms with Gasteiger partial charge in [-0.2, -0.15) is 0 Å². The van der Waals surface area contributed by atoms with Gasteiger partial charge < -0.3 is 13.3 Å². The molecule has 5 heteroatoms. The van der Waals surface area contributed by atoms with Crippen molar-refractivity contribution in [1.82, 2.24) is 0 Å². The molecule has 0 radical (unpaired) electrons. The molecular formula is C37H77BrO3Si. The summed E-state index contributed by atoms with van der Waals surface area (Å²) in [6, 6.07) is 0.940. The molecule has 0 saturated heterocycles. The third-order valence-corrected chi connectivity index (χ3v) is 12.7. The number of hydrogen-bond donors (Lipinski definition) is 0. The van der Waals surface area contributed by atoms with Crippen LogP contribution in [0, 0.1) is 0 Å². The Morgan fingerprint density at radius 1 is 0.286 bits per heavy atom. The topological polar surface area (TPSA) is 27.7 Å². The van der Waals surface area contributed by atoms with Crippen molar-refractivity contribution < 1.29 is 13.3 Å². The van der Waals surface area contributed by atoms with Gasteiger partial charge in [0.1, 0.15) is 0 Å². The Bertz CT molecular complexity index is 481. The average Bonchev–Trinajstić information content (AvgIpc) is 3.01. The van der Waals surface area contributed by atoms with Crippen molar-refractivity contribution in [3.8, 4) is 0 Å². The predicted octanol–water partition coefficient (Wildman–Crippen LogP) is 13.7. The maximum atomic E-state index is 5.50. The molecule has 0 aromatic carbocycles. The first-order valence-corrected chi connectivity index (χ1v) is 22.0. The Balaban J connectivity index is 3.12. The average molecular weight is 678 g/mol. The van der Waals surface area contributed by atoms with Gasteiger partial charge in [-0.3, -0.25) is 0 Å². The molecule has 0 aliphatic heterocycles. The van der Waals surface area contributed by atoms with Gasteiger partial charge >= 0.3 is 8.80 Å². The van der Waals surface area contributed by atoms with Crippen LogP contribution in [-0.2, 0) is 13.3 Å². The zero-order valence-electron chi connectivity index (χ0n) is 29.1. The molecule has 0 N–H and O–H groups in total. The third-order valence-electron chi connectivity index (χ3n) is 9.30. The maximum Gasteiger partial charge on any atom is 0.500 e. The van der Waals surface area contributed by atoms with E-state index < -0.39 is 8.80 Å². The normalized spacial score (nSPS) is 12.0. The van der Waals surface area contributed by atoms with E-state index in [1.165, 1.54) is 204 Å². The maximum absolute atomic E-state index is 5.50. The first-order valence-electron chi connectivity index (χ1n) is 19.0. The molecule has 0 bridgehead atoms. The van der Waals surface area contributed by atoms with Crippen LogP contribution in [0.2, 0.25) is 6.04 Å². The highest BCUT2D eigenvalue weighted by Gasteiger charge is 2.36. The third kappa shape index (κ3) is 30.6. The fourth-order valence-electron chi connectivity index (χ4n) is 6.30. The van der Waals surface area contributed by atoms with E-state index in [-0.39, 0.29) is 0 Å². The summed E-state index contributed by atoms with van der Waals surface area (Å²) in [6.07, 6.45) is 46.0. The summed E-state index contributed by atoms with van der Waals surface area (Å²) in [4.78, 5) is 0. The number of halogens is 1. The van der Waals surface area contributed by atoms with E-state index in [4.69, 9.17) is 13.3 Å². The van der Waals surface area contributed by atoms with Crippen LogP contribution in [0.3, 0.4) is 0 Å². The monoisotopic (exact) mass is 676 g/mol. The van der Waals surface area contributed by atoms with Crippen molar-refractivity contribution in [3.05, 3.63) is 0 Å². The number of hydrogen-bond acceptors (Lipinski definition) is 3.